The third-order valence-electron chi connectivity index (χ3n) is 2.20. The minimum atomic E-state index is -0.0400. The third kappa shape index (κ3) is 2.52. The number of Topliss-reactive ketones (excluding diaryl/α,β-unsaturated/α-hetero) is 2. The van der Waals surface area contributed by atoms with Crippen LogP contribution in [0.25, 0.3) is 0 Å². The van der Waals surface area contributed by atoms with E-state index in [-0.39, 0.29) is 11.6 Å². The Hall–Kier alpha value is -1.44. The average Bonchev–Trinajstić information content (AvgIpc) is 2.01. The number of hydrogen-bond donors (Lipinski definition) is 0. The van der Waals surface area contributed by atoms with Gasteiger partial charge < -0.3 is 0 Å². The summed E-state index contributed by atoms with van der Waals surface area (Å²) < 4.78 is 0. The molecule has 2 heteroatoms. The molecule has 0 saturated heterocycles. The van der Waals surface area contributed by atoms with Gasteiger partial charge in [-0.1, -0.05) is 24.3 Å². The highest BCUT2D eigenvalue weighted by Crippen LogP contribution is 2.17. The molecule has 0 fully saturated rings. The molecule has 0 amide bonds. The monoisotopic (exact) mass is 190 g/mol. The van der Waals surface area contributed by atoms with Gasteiger partial charge in [-0.15, -0.1) is 0 Å². The van der Waals surface area contributed by atoms with Crippen molar-refractivity contribution in [2.45, 2.75) is 26.7 Å². The van der Waals surface area contributed by atoms with Gasteiger partial charge >= 0.3 is 0 Å². The molecule has 14 heavy (non-hydrogen) atoms. The maximum absolute atomic E-state index is 11.3. The van der Waals surface area contributed by atoms with E-state index in [1.54, 1.807) is 12.2 Å². The zero-order valence-electron chi connectivity index (χ0n) is 8.54. The summed E-state index contributed by atoms with van der Waals surface area (Å²) in [5.41, 5.74) is 1.21. The Morgan fingerprint density at radius 2 is 1.86 bits per heavy atom. The van der Waals surface area contributed by atoms with Gasteiger partial charge in [0.2, 0.25) is 0 Å². The normalized spacial score (nSPS) is 26.1. The van der Waals surface area contributed by atoms with Crippen molar-refractivity contribution in [3.8, 4) is 0 Å². The largest absolute Gasteiger partial charge is 0.295 e. The highest BCUT2D eigenvalue weighted by atomic mass is 16.1. The smallest absolute Gasteiger partial charge is 0.160 e. The standard InChI is InChI=1S/C12H14O2/c1-9(13)11-7-5-3-4-6-8-12(11)10(2)14/h3-5,7H,6,8H2,1-2H3/b4-3-,7-5-,12-11-. The molecule has 0 saturated carbocycles. The predicted molar refractivity (Wildman–Crippen MR) is 55.9 cm³/mol. The number of hydrogen-bond acceptors (Lipinski definition) is 2. The summed E-state index contributed by atoms with van der Waals surface area (Å²) in [5, 5.41) is 0. The number of ketones is 2. The first-order chi connectivity index (χ1) is 6.63. The van der Waals surface area contributed by atoms with Crippen molar-refractivity contribution in [3.63, 3.8) is 0 Å². The van der Waals surface area contributed by atoms with Gasteiger partial charge in [-0.2, -0.15) is 0 Å². The van der Waals surface area contributed by atoms with Crippen LogP contribution in [0, 0.1) is 0 Å². The molecule has 0 atom stereocenters. The lowest BCUT2D eigenvalue weighted by Crippen LogP contribution is -2.06. The predicted octanol–water partition coefficient (Wildman–Crippen LogP) is 2.37. The molecule has 0 aliphatic heterocycles. The van der Waals surface area contributed by atoms with E-state index in [1.165, 1.54) is 13.8 Å². The summed E-state index contributed by atoms with van der Waals surface area (Å²) in [6.45, 7) is 3.01. The maximum atomic E-state index is 11.3. The van der Waals surface area contributed by atoms with Gasteiger partial charge in [0.15, 0.2) is 11.6 Å². The summed E-state index contributed by atoms with van der Waals surface area (Å²) in [6, 6.07) is 0. The molecule has 0 unspecified atom stereocenters. The lowest BCUT2D eigenvalue weighted by molar-refractivity contribution is -0.116. The van der Waals surface area contributed by atoms with Crippen LogP contribution in [0.3, 0.4) is 0 Å². The van der Waals surface area contributed by atoms with E-state index in [4.69, 9.17) is 0 Å². The molecule has 1 rings (SSSR count). The molecule has 0 heterocycles. The van der Waals surface area contributed by atoms with Crippen LogP contribution in [0.4, 0.5) is 0 Å². The molecular formula is C12H14O2. The van der Waals surface area contributed by atoms with Crippen LogP contribution >= 0.6 is 0 Å². The Kier molecular flexibility index (Phi) is 3.57. The number of allylic oxidation sites excluding steroid dienone is 6. The van der Waals surface area contributed by atoms with Crippen LogP contribution in [0.15, 0.2) is 35.5 Å². The fourth-order valence-electron chi connectivity index (χ4n) is 1.49. The molecule has 0 aromatic carbocycles. The zero-order valence-corrected chi connectivity index (χ0v) is 8.54. The SMILES string of the molecule is CC(=O)C1=C(\C(C)=O)CC\C=C/C=C\1. The van der Waals surface area contributed by atoms with Gasteiger partial charge in [0.05, 0.1) is 0 Å². The average molecular weight is 190 g/mol. The maximum Gasteiger partial charge on any atom is 0.160 e. The van der Waals surface area contributed by atoms with Crippen molar-refractivity contribution in [1.29, 1.82) is 0 Å². The minimum Gasteiger partial charge on any atom is -0.295 e. The molecule has 0 bridgehead atoms. The molecule has 0 spiro atoms. The van der Waals surface area contributed by atoms with Gasteiger partial charge in [-0.05, 0) is 26.7 Å². The molecule has 1 aliphatic carbocycles. The second kappa shape index (κ2) is 4.70. The zero-order chi connectivity index (χ0) is 10.6. The van der Waals surface area contributed by atoms with E-state index >= 15 is 0 Å². The van der Waals surface area contributed by atoms with Gasteiger partial charge in [0, 0.05) is 11.1 Å². The van der Waals surface area contributed by atoms with Crippen LogP contribution in [0.2, 0.25) is 0 Å². The van der Waals surface area contributed by atoms with Crippen molar-refractivity contribution in [2.75, 3.05) is 0 Å². The molecule has 1 aliphatic rings. The van der Waals surface area contributed by atoms with E-state index in [0.29, 0.717) is 17.6 Å². The van der Waals surface area contributed by atoms with E-state index in [0.717, 1.165) is 6.42 Å². The Balaban J connectivity index is 3.16. The molecule has 74 valence electrons. The van der Waals surface area contributed by atoms with Crippen molar-refractivity contribution in [1.82, 2.24) is 0 Å². The van der Waals surface area contributed by atoms with Gasteiger partial charge in [0.25, 0.3) is 0 Å². The van der Waals surface area contributed by atoms with Crippen LogP contribution in [0.5, 0.6) is 0 Å². The van der Waals surface area contributed by atoms with E-state index in [1.807, 2.05) is 12.2 Å². The van der Waals surface area contributed by atoms with Crippen LogP contribution in [-0.4, -0.2) is 11.6 Å². The Morgan fingerprint density at radius 3 is 2.43 bits per heavy atom. The van der Waals surface area contributed by atoms with Crippen molar-refractivity contribution in [2.24, 2.45) is 0 Å². The summed E-state index contributed by atoms with van der Waals surface area (Å²) in [6.07, 6.45) is 8.89. The van der Waals surface area contributed by atoms with Gasteiger partial charge in [0.1, 0.15) is 0 Å². The molecule has 0 aromatic heterocycles. The third-order valence-corrected chi connectivity index (χ3v) is 2.20. The first-order valence-electron chi connectivity index (χ1n) is 4.71. The second-order valence-electron chi connectivity index (χ2n) is 3.33. The first kappa shape index (κ1) is 10.6. The lowest BCUT2D eigenvalue weighted by Gasteiger charge is -2.07. The quantitative estimate of drug-likeness (QED) is 0.669. The van der Waals surface area contributed by atoms with E-state index in [2.05, 4.69) is 0 Å². The molecule has 0 aromatic rings. The van der Waals surface area contributed by atoms with Crippen LogP contribution in [0.1, 0.15) is 26.7 Å². The molecular weight excluding hydrogens is 176 g/mol. The topological polar surface area (TPSA) is 34.1 Å². The summed E-state index contributed by atoms with van der Waals surface area (Å²) in [7, 11) is 0. The fourth-order valence-corrected chi connectivity index (χ4v) is 1.49. The van der Waals surface area contributed by atoms with Crippen molar-refractivity contribution in [3.05, 3.63) is 35.5 Å². The molecule has 2 nitrogen and oxygen atoms in total. The highest BCUT2D eigenvalue weighted by molar-refractivity contribution is 6.06. The number of carbonyl (C=O) groups is 2. The Morgan fingerprint density at radius 1 is 1.14 bits per heavy atom. The molecule has 0 N–H and O–H groups in total. The van der Waals surface area contributed by atoms with Crippen molar-refractivity contribution >= 4 is 11.6 Å². The summed E-state index contributed by atoms with van der Waals surface area (Å²) >= 11 is 0. The first-order valence-corrected chi connectivity index (χ1v) is 4.71. The van der Waals surface area contributed by atoms with E-state index in [9.17, 15) is 9.59 Å². The number of carbonyl (C=O) groups excluding carboxylic acids is 2. The highest BCUT2D eigenvalue weighted by Gasteiger charge is 2.12. The van der Waals surface area contributed by atoms with Crippen LogP contribution < -0.4 is 0 Å². The Bertz CT molecular complexity index is 343. The fraction of sp³-hybridized carbons (Fsp3) is 0.333. The number of rotatable bonds is 2. The van der Waals surface area contributed by atoms with Crippen LogP contribution in [-0.2, 0) is 9.59 Å². The molecule has 0 radical (unpaired) electrons. The second-order valence-corrected chi connectivity index (χ2v) is 3.33. The minimum absolute atomic E-state index is 0.00449. The summed E-state index contributed by atoms with van der Waals surface area (Å²) in [4.78, 5) is 22.6. The lowest BCUT2D eigenvalue weighted by atomic mass is 9.95. The van der Waals surface area contributed by atoms with Gasteiger partial charge in [-0.3, -0.25) is 9.59 Å². The summed E-state index contributed by atoms with van der Waals surface area (Å²) in [5.74, 6) is -0.0445. The van der Waals surface area contributed by atoms with E-state index < -0.39 is 0 Å². The van der Waals surface area contributed by atoms with Crippen molar-refractivity contribution < 1.29 is 9.59 Å². The van der Waals surface area contributed by atoms with Gasteiger partial charge in [-0.25, -0.2) is 0 Å². The Labute approximate surface area is 84.0 Å².